The van der Waals surface area contributed by atoms with Crippen molar-refractivity contribution in [2.45, 2.75) is 30.6 Å². The number of carbonyl (C=O) groups is 1. The van der Waals surface area contributed by atoms with Crippen molar-refractivity contribution in [3.8, 4) is 16.9 Å². The van der Waals surface area contributed by atoms with Gasteiger partial charge < -0.3 is 14.4 Å². The number of alkyl halides is 2. The van der Waals surface area contributed by atoms with Crippen LogP contribution in [0.1, 0.15) is 40.3 Å². The summed E-state index contributed by atoms with van der Waals surface area (Å²) in [6, 6.07) is 17.5. The molecule has 5 rings (SSSR count). The maximum absolute atomic E-state index is 13.4. The molecule has 6 nitrogen and oxygen atoms in total. The normalized spacial score (nSPS) is 17.4. The third-order valence-electron chi connectivity index (χ3n) is 7.30. The first-order valence-electron chi connectivity index (χ1n) is 12.3. The number of nitrogens with zero attached hydrogens (tertiary/aromatic N) is 3. The number of fused-ring (bicyclic) bond motifs is 3. The Kier molecular flexibility index (Phi) is 7.40. The molecular formula is C28H26B2F2N3O3P. The molecule has 1 aliphatic rings. The number of hydrogen-bond donors (Lipinski definition) is 1. The summed E-state index contributed by atoms with van der Waals surface area (Å²) in [5.74, 6) is 0.430. The van der Waals surface area contributed by atoms with Crippen LogP contribution in [-0.2, 0) is 0 Å². The van der Waals surface area contributed by atoms with Gasteiger partial charge in [-0.25, -0.2) is 4.98 Å². The van der Waals surface area contributed by atoms with Gasteiger partial charge in [0.05, 0.1) is 23.1 Å². The van der Waals surface area contributed by atoms with E-state index in [4.69, 9.17) is 25.4 Å². The zero-order valence-corrected chi connectivity index (χ0v) is 22.6. The summed E-state index contributed by atoms with van der Waals surface area (Å²) in [5, 5.41) is 11.7. The number of aromatic nitrogens is 2. The third-order valence-corrected chi connectivity index (χ3v) is 8.63. The van der Waals surface area contributed by atoms with Crippen molar-refractivity contribution in [3.05, 3.63) is 77.6 Å². The number of halogens is 2. The second-order valence-corrected chi connectivity index (χ2v) is 12.2. The van der Waals surface area contributed by atoms with E-state index in [1.165, 1.54) is 22.3 Å². The Balaban J connectivity index is 1.72. The minimum atomic E-state index is -3.08. The van der Waals surface area contributed by atoms with Gasteiger partial charge in [0.2, 0.25) is 0 Å². The molecule has 1 aromatic heterocycles. The summed E-state index contributed by atoms with van der Waals surface area (Å²) in [6.45, 7) is 1.32. The Labute approximate surface area is 229 Å². The smallest absolute Gasteiger partial charge is 0.387 e. The molecule has 0 spiro atoms. The molecule has 1 N–H and O–H groups in total. The number of aliphatic hydroxyl groups is 1. The van der Waals surface area contributed by atoms with Gasteiger partial charge in [0.15, 0.2) is 6.29 Å². The van der Waals surface area contributed by atoms with Crippen molar-refractivity contribution in [2.75, 3.05) is 20.4 Å². The molecule has 0 saturated carbocycles. The monoisotopic (exact) mass is 543 g/mol. The lowest BCUT2D eigenvalue weighted by molar-refractivity contribution is -0.0507. The molecule has 2 unspecified atom stereocenters. The zero-order valence-electron chi connectivity index (χ0n) is 21.8. The van der Waals surface area contributed by atoms with E-state index >= 15 is 0 Å². The van der Waals surface area contributed by atoms with Crippen molar-refractivity contribution in [3.63, 3.8) is 0 Å². The molecule has 196 valence electrons. The fourth-order valence-electron chi connectivity index (χ4n) is 5.28. The molecule has 3 aromatic carbocycles. The Morgan fingerprint density at radius 2 is 1.85 bits per heavy atom. The Bertz CT molecular complexity index is 1520. The maximum Gasteiger partial charge on any atom is 0.387 e. The number of hydrogen-bond acceptors (Lipinski definition) is 5. The predicted octanol–water partition coefficient (Wildman–Crippen LogP) is 4.39. The van der Waals surface area contributed by atoms with Crippen LogP contribution in [0.2, 0.25) is 0 Å². The number of rotatable bonds is 8. The molecule has 39 heavy (non-hydrogen) atoms. The van der Waals surface area contributed by atoms with Crippen LogP contribution >= 0.6 is 7.92 Å². The lowest BCUT2D eigenvalue weighted by Gasteiger charge is -2.36. The molecular weight excluding hydrogens is 517 g/mol. The van der Waals surface area contributed by atoms with E-state index < -0.39 is 24.2 Å². The molecule has 1 aliphatic heterocycles. The average molecular weight is 543 g/mol. The van der Waals surface area contributed by atoms with Crippen molar-refractivity contribution in [2.24, 2.45) is 0 Å². The van der Waals surface area contributed by atoms with Gasteiger partial charge in [-0.1, -0.05) is 50.4 Å². The maximum atomic E-state index is 13.4. The summed E-state index contributed by atoms with van der Waals surface area (Å²) in [6.07, 6.45) is 0.875. The molecule has 0 fully saturated rings. The summed E-state index contributed by atoms with van der Waals surface area (Å²) < 4.78 is 33.5. The highest BCUT2D eigenvalue weighted by Gasteiger charge is 2.42. The second-order valence-electron chi connectivity index (χ2n) is 9.90. The van der Waals surface area contributed by atoms with Gasteiger partial charge in [0, 0.05) is 16.7 Å². The molecule has 0 bridgehead atoms. The average Bonchev–Trinajstić information content (AvgIpc) is 3.44. The van der Waals surface area contributed by atoms with Crippen molar-refractivity contribution in [1.82, 2.24) is 14.5 Å². The number of ether oxygens (including phenoxy) is 1. The van der Waals surface area contributed by atoms with E-state index in [1.54, 1.807) is 13.1 Å². The number of benzene rings is 3. The Morgan fingerprint density at radius 1 is 1.15 bits per heavy atom. The summed E-state index contributed by atoms with van der Waals surface area (Å²) in [4.78, 5) is 18.3. The standard InChI is InChI=1S/C28H26B2F2N3O3P/c1-34(28(29,30)37)23-14-22(25-18(15-36)5-4-6-24(25)38-27(31)32)35-21-13-17(9-12-20(21)33-26(23)35)16-7-10-19(11-8-16)39(2)3/h4-13,15,22-23,27,37H,14H2,1-3H3. The van der Waals surface area contributed by atoms with Gasteiger partial charge in [-0.05, 0) is 61.4 Å². The summed E-state index contributed by atoms with van der Waals surface area (Å²) in [7, 11) is 13.0. The second kappa shape index (κ2) is 10.5. The highest BCUT2D eigenvalue weighted by Crippen LogP contribution is 2.48. The van der Waals surface area contributed by atoms with E-state index in [2.05, 4.69) is 37.6 Å². The largest absolute Gasteiger partial charge is 0.434 e. The van der Waals surface area contributed by atoms with Crippen LogP contribution < -0.4 is 10.0 Å². The van der Waals surface area contributed by atoms with Gasteiger partial charge in [-0.15, -0.1) is 0 Å². The van der Waals surface area contributed by atoms with E-state index in [0.29, 0.717) is 23.2 Å². The molecule has 11 heteroatoms. The molecule has 2 heterocycles. The van der Waals surface area contributed by atoms with Crippen molar-refractivity contribution < 1.29 is 23.4 Å². The molecule has 4 radical (unpaired) electrons. The van der Waals surface area contributed by atoms with Crippen LogP contribution in [0.4, 0.5) is 8.78 Å². The fourth-order valence-corrected chi connectivity index (χ4v) is 6.02. The molecule has 2 atom stereocenters. The summed E-state index contributed by atoms with van der Waals surface area (Å²) in [5.41, 5.74) is 1.72. The van der Waals surface area contributed by atoms with Crippen LogP contribution in [0.3, 0.4) is 0 Å². The molecule has 4 aromatic rings. The van der Waals surface area contributed by atoms with E-state index in [1.807, 2.05) is 22.8 Å². The molecule has 0 saturated heterocycles. The van der Waals surface area contributed by atoms with Crippen LogP contribution in [0, 0.1) is 0 Å². The highest BCUT2D eigenvalue weighted by molar-refractivity contribution is 7.64. The quantitative estimate of drug-likeness (QED) is 0.155. The highest BCUT2D eigenvalue weighted by atomic mass is 31.1. The minimum absolute atomic E-state index is 0.103. The van der Waals surface area contributed by atoms with E-state index in [0.717, 1.165) is 16.6 Å². The first kappa shape index (κ1) is 27.5. The number of carbonyl (C=O) groups excluding carboxylic acids is 1. The number of imidazole rings is 1. The van der Waals surface area contributed by atoms with Crippen molar-refractivity contribution >= 4 is 46.2 Å². The lowest BCUT2D eigenvalue weighted by Crippen LogP contribution is -2.49. The summed E-state index contributed by atoms with van der Waals surface area (Å²) >= 11 is 0. The van der Waals surface area contributed by atoms with Gasteiger partial charge >= 0.3 is 6.61 Å². The SMILES string of the molecule is [B]C([B])(O)N(C)C1CC(c2c(C=O)cccc2OC(F)F)n2c1nc1ccc(-c3ccc(P(C)C)cc3)cc12. The lowest BCUT2D eigenvalue weighted by atomic mass is 9.71. The fraction of sp³-hybridized carbons (Fsp3) is 0.286. The van der Waals surface area contributed by atoms with Crippen LogP contribution in [0.5, 0.6) is 5.75 Å². The van der Waals surface area contributed by atoms with Crippen LogP contribution in [0.15, 0.2) is 60.7 Å². The van der Waals surface area contributed by atoms with Gasteiger partial charge in [0.25, 0.3) is 0 Å². The molecule has 0 aliphatic carbocycles. The van der Waals surface area contributed by atoms with Gasteiger partial charge in [-0.3, -0.25) is 9.69 Å². The van der Waals surface area contributed by atoms with Crippen molar-refractivity contribution in [1.29, 1.82) is 0 Å². The topological polar surface area (TPSA) is 67.6 Å². The first-order chi connectivity index (χ1) is 18.5. The first-order valence-corrected chi connectivity index (χ1v) is 14.6. The number of aldehydes is 1. The van der Waals surface area contributed by atoms with E-state index in [9.17, 15) is 18.7 Å². The van der Waals surface area contributed by atoms with E-state index in [-0.39, 0.29) is 25.7 Å². The zero-order chi connectivity index (χ0) is 28.1. The van der Waals surface area contributed by atoms with Crippen LogP contribution in [0.25, 0.3) is 22.2 Å². The molecule has 0 amide bonds. The third kappa shape index (κ3) is 5.13. The Morgan fingerprint density at radius 3 is 2.46 bits per heavy atom. The minimum Gasteiger partial charge on any atom is -0.434 e. The van der Waals surface area contributed by atoms with Gasteiger partial charge in [-0.2, -0.15) is 8.78 Å². The predicted molar refractivity (Wildman–Crippen MR) is 152 cm³/mol. The Hall–Kier alpha value is -3.06. The van der Waals surface area contributed by atoms with Gasteiger partial charge in [0.1, 0.15) is 27.3 Å². The van der Waals surface area contributed by atoms with Crippen LogP contribution in [-0.4, -0.2) is 74.0 Å².